The SMILES string of the molecule is C#CC(C)(N)c1ccc(Cl)cc1.Cl. The maximum atomic E-state index is 5.81. The van der Waals surface area contributed by atoms with E-state index in [9.17, 15) is 0 Å². The van der Waals surface area contributed by atoms with E-state index in [1.165, 1.54) is 0 Å². The van der Waals surface area contributed by atoms with Gasteiger partial charge >= 0.3 is 0 Å². The topological polar surface area (TPSA) is 26.0 Å². The Bertz CT molecular complexity index is 309. The first-order valence-electron chi connectivity index (χ1n) is 3.59. The first-order valence-corrected chi connectivity index (χ1v) is 3.97. The van der Waals surface area contributed by atoms with Gasteiger partial charge in [-0.2, -0.15) is 0 Å². The van der Waals surface area contributed by atoms with E-state index in [0.717, 1.165) is 5.56 Å². The number of benzene rings is 1. The van der Waals surface area contributed by atoms with Crippen molar-refractivity contribution < 1.29 is 0 Å². The average Bonchev–Trinajstić information content (AvgIpc) is 2.05. The number of terminal acetylenes is 1. The lowest BCUT2D eigenvalue weighted by atomic mass is 9.95. The highest BCUT2D eigenvalue weighted by atomic mass is 35.5. The van der Waals surface area contributed by atoms with Gasteiger partial charge < -0.3 is 5.73 Å². The quantitative estimate of drug-likeness (QED) is 0.717. The minimum atomic E-state index is -0.704. The molecule has 0 spiro atoms. The van der Waals surface area contributed by atoms with E-state index in [4.69, 9.17) is 23.8 Å². The van der Waals surface area contributed by atoms with Crippen molar-refractivity contribution in [1.82, 2.24) is 0 Å². The zero-order valence-electron chi connectivity index (χ0n) is 7.25. The molecule has 1 unspecified atom stereocenters. The van der Waals surface area contributed by atoms with Gasteiger partial charge in [0.25, 0.3) is 0 Å². The highest BCUT2D eigenvalue weighted by molar-refractivity contribution is 6.30. The fraction of sp³-hybridized carbons (Fsp3) is 0.200. The molecular formula is C10H11Cl2N. The minimum Gasteiger partial charge on any atom is -0.312 e. The van der Waals surface area contributed by atoms with E-state index >= 15 is 0 Å². The van der Waals surface area contributed by atoms with Crippen LogP contribution in [-0.4, -0.2) is 0 Å². The van der Waals surface area contributed by atoms with Gasteiger partial charge in [0, 0.05) is 5.02 Å². The summed E-state index contributed by atoms with van der Waals surface area (Å²) in [6.07, 6.45) is 5.27. The molecule has 0 amide bonds. The summed E-state index contributed by atoms with van der Waals surface area (Å²) < 4.78 is 0. The average molecular weight is 216 g/mol. The first-order chi connectivity index (χ1) is 5.56. The van der Waals surface area contributed by atoms with Crippen molar-refractivity contribution in [3.05, 3.63) is 34.9 Å². The molecule has 0 aliphatic heterocycles. The Hall–Kier alpha value is -0.680. The molecule has 0 aliphatic carbocycles. The monoisotopic (exact) mass is 215 g/mol. The van der Waals surface area contributed by atoms with Crippen LogP contribution in [-0.2, 0) is 5.54 Å². The normalized spacial score (nSPS) is 13.7. The number of rotatable bonds is 1. The van der Waals surface area contributed by atoms with Gasteiger partial charge in [-0.05, 0) is 24.6 Å². The lowest BCUT2D eigenvalue weighted by Gasteiger charge is -2.17. The molecule has 0 bridgehead atoms. The molecule has 0 saturated heterocycles. The van der Waals surface area contributed by atoms with Crippen molar-refractivity contribution >= 4 is 24.0 Å². The lowest BCUT2D eigenvalue weighted by molar-refractivity contribution is 0.658. The van der Waals surface area contributed by atoms with Crippen molar-refractivity contribution in [2.45, 2.75) is 12.5 Å². The third kappa shape index (κ3) is 2.93. The van der Waals surface area contributed by atoms with Crippen LogP contribution in [0.5, 0.6) is 0 Å². The molecule has 0 radical (unpaired) electrons. The zero-order valence-corrected chi connectivity index (χ0v) is 8.82. The van der Waals surface area contributed by atoms with E-state index in [1.54, 1.807) is 19.1 Å². The van der Waals surface area contributed by atoms with Crippen molar-refractivity contribution in [3.8, 4) is 12.3 Å². The Balaban J connectivity index is 0.00000144. The van der Waals surface area contributed by atoms with Gasteiger partial charge in [0.15, 0.2) is 0 Å². The number of nitrogens with two attached hydrogens (primary N) is 1. The van der Waals surface area contributed by atoms with Crippen LogP contribution < -0.4 is 5.73 Å². The Morgan fingerprint density at radius 2 is 1.85 bits per heavy atom. The smallest absolute Gasteiger partial charge is 0.1000 e. The highest BCUT2D eigenvalue weighted by Gasteiger charge is 2.16. The molecule has 1 aromatic rings. The van der Waals surface area contributed by atoms with Crippen LogP contribution in [0.2, 0.25) is 5.02 Å². The molecule has 0 heterocycles. The van der Waals surface area contributed by atoms with E-state index in [0.29, 0.717) is 5.02 Å². The van der Waals surface area contributed by atoms with Crippen molar-refractivity contribution in [2.24, 2.45) is 5.73 Å². The van der Waals surface area contributed by atoms with Crippen LogP contribution in [0.4, 0.5) is 0 Å². The second-order valence-electron chi connectivity index (χ2n) is 2.85. The number of halogens is 2. The molecule has 0 fully saturated rings. The van der Waals surface area contributed by atoms with Gasteiger partial charge in [-0.3, -0.25) is 0 Å². The summed E-state index contributed by atoms with van der Waals surface area (Å²) in [5, 5.41) is 0.687. The molecule has 0 aromatic heterocycles. The predicted molar refractivity (Wildman–Crippen MR) is 59.1 cm³/mol. The summed E-state index contributed by atoms with van der Waals surface area (Å²) in [7, 11) is 0. The van der Waals surface area contributed by atoms with Gasteiger partial charge in [-0.25, -0.2) is 0 Å². The van der Waals surface area contributed by atoms with Crippen LogP contribution >= 0.6 is 24.0 Å². The summed E-state index contributed by atoms with van der Waals surface area (Å²) in [4.78, 5) is 0. The van der Waals surface area contributed by atoms with Crippen molar-refractivity contribution in [1.29, 1.82) is 0 Å². The molecular weight excluding hydrogens is 205 g/mol. The maximum absolute atomic E-state index is 5.81. The second-order valence-corrected chi connectivity index (χ2v) is 3.29. The summed E-state index contributed by atoms with van der Waals surface area (Å²) in [6, 6.07) is 7.23. The largest absolute Gasteiger partial charge is 0.312 e. The van der Waals surface area contributed by atoms with Crippen LogP contribution in [0, 0.1) is 12.3 Å². The van der Waals surface area contributed by atoms with E-state index in [2.05, 4.69) is 5.92 Å². The number of hydrogen-bond acceptors (Lipinski definition) is 1. The molecule has 0 saturated carbocycles. The third-order valence-corrected chi connectivity index (χ3v) is 2.00. The molecule has 13 heavy (non-hydrogen) atoms. The molecule has 0 aliphatic rings. The molecule has 1 nitrogen and oxygen atoms in total. The molecule has 2 N–H and O–H groups in total. The number of hydrogen-bond donors (Lipinski definition) is 1. The Morgan fingerprint density at radius 1 is 1.38 bits per heavy atom. The minimum absolute atomic E-state index is 0. The highest BCUT2D eigenvalue weighted by Crippen LogP contribution is 2.18. The summed E-state index contributed by atoms with van der Waals surface area (Å²) in [6.45, 7) is 1.79. The predicted octanol–water partition coefficient (Wildman–Crippen LogP) is 2.57. The summed E-state index contributed by atoms with van der Waals surface area (Å²) >= 11 is 5.71. The summed E-state index contributed by atoms with van der Waals surface area (Å²) in [5.41, 5.74) is 6.00. The van der Waals surface area contributed by atoms with Gasteiger partial charge in [-0.1, -0.05) is 29.7 Å². The van der Waals surface area contributed by atoms with Crippen LogP contribution in [0.3, 0.4) is 0 Å². The Labute approximate surface area is 89.7 Å². The maximum Gasteiger partial charge on any atom is 0.1000 e. The van der Waals surface area contributed by atoms with E-state index in [1.807, 2.05) is 12.1 Å². The Morgan fingerprint density at radius 3 is 2.23 bits per heavy atom. The Kier molecular flexibility index (Phi) is 4.29. The molecule has 70 valence electrons. The second kappa shape index (κ2) is 4.53. The van der Waals surface area contributed by atoms with Crippen molar-refractivity contribution in [3.63, 3.8) is 0 Å². The van der Waals surface area contributed by atoms with Gasteiger partial charge in [-0.15, -0.1) is 18.8 Å². The molecule has 3 heteroatoms. The van der Waals surface area contributed by atoms with Gasteiger partial charge in [0.1, 0.15) is 0 Å². The van der Waals surface area contributed by atoms with Gasteiger partial charge in [0.2, 0.25) is 0 Å². The van der Waals surface area contributed by atoms with Gasteiger partial charge in [0.05, 0.1) is 5.54 Å². The van der Waals surface area contributed by atoms with Crippen molar-refractivity contribution in [2.75, 3.05) is 0 Å². The lowest BCUT2D eigenvalue weighted by Crippen LogP contribution is -2.30. The third-order valence-electron chi connectivity index (χ3n) is 1.74. The fourth-order valence-electron chi connectivity index (χ4n) is 0.879. The zero-order chi connectivity index (χ0) is 9.19. The standard InChI is InChI=1S/C10H10ClN.ClH/c1-3-10(2,12)8-4-6-9(11)7-5-8;/h1,4-7H,12H2,2H3;1H. The summed E-state index contributed by atoms with van der Waals surface area (Å²) in [5.74, 6) is 2.51. The van der Waals surface area contributed by atoms with E-state index in [-0.39, 0.29) is 12.4 Å². The molecule has 1 aromatic carbocycles. The molecule has 1 atom stereocenters. The van der Waals surface area contributed by atoms with E-state index < -0.39 is 5.54 Å². The van der Waals surface area contributed by atoms with Crippen LogP contribution in [0.25, 0.3) is 0 Å². The molecule has 1 rings (SSSR count). The van der Waals surface area contributed by atoms with Crippen LogP contribution in [0.15, 0.2) is 24.3 Å². The van der Waals surface area contributed by atoms with Crippen LogP contribution in [0.1, 0.15) is 12.5 Å². The fourth-order valence-corrected chi connectivity index (χ4v) is 1.01. The first kappa shape index (κ1) is 12.3.